The minimum Gasteiger partial charge on any atom is -0.476 e. The van der Waals surface area contributed by atoms with Gasteiger partial charge >= 0.3 is 0 Å². The molecule has 4 heteroatoms. The van der Waals surface area contributed by atoms with Crippen LogP contribution in [0, 0.1) is 0 Å². The molecule has 0 aliphatic carbocycles. The smallest absolute Gasteiger partial charge is 0.240 e. The van der Waals surface area contributed by atoms with Crippen LogP contribution in [-0.2, 0) is 6.54 Å². The molecule has 1 fully saturated rings. The summed E-state index contributed by atoms with van der Waals surface area (Å²) >= 11 is 0. The van der Waals surface area contributed by atoms with Gasteiger partial charge in [0.15, 0.2) is 0 Å². The van der Waals surface area contributed by atoms with Gasteiger partial charge in [0.25, 0.3) is 0 Å². The average Bonchev–Trinajstić information content (AvgIpc) is 3.05. The first-order valence-corrected chi connectivity index (χ1v) is 9.75. The van der Waals surface area contributed by atoms with Crippen LogP contribution >= 0.6 is 0 Å². The first-order chi connectivity index (χ1) is 12.9. The lowest BCUT2D eigenvalue weighted by molar-refractivity contribution is 0.203. The number of ether oxygens (including phenoxy) is 1. The molecule has 0 saturated carbocycles. The van der Waals surface area contributed by atoms with Crippen LogP contribution in [0.25, 0.3) is 10.9 Å². The van der Waals surface area contributed by atoms with Gasteiger partial charge in [-0.05, 0) is 50.0 Å². The zero-order valence-corrected chi connectivity index (χ0v) is 15.3. The summed E-state index contributed by atoms with van der Waals surface area (Å²) in [5.74, 6) is 0.759. The summed E-state index contributed by atoms with van der Waals surface area (Å²) in [6.45, 7) is 5.10. The second-order valence-corrected chi connectivity index (χ2v) is 7.07. The molecule has 1 aliphatic rings. The summed E-state index contributed by atoms with van der Waals surface area (Å²) in [4.78, 5) is 2.55. The summed E-state index contributed by atoms with van der Waals surface area (Å²) in [7, 11) is 0. The van der Waals surface area contributed by atoms with E-state index in [1.165, 1.54) is 37.9 Å². The maximum atomic E-state index is 6.07. The fourth-order valence-corrected chi connectivity index (χ4v) is 3.72. The maximum absolute atomic E-state index is 6.07. The van der Waals surface area contributed by atoms with Crippen molar-refractivity contribution in [3.8, 4) is 5.88 Å². The van der Waals surface area contributed by atoms with Crippen LogP contribution < -0.4 is 4.74 Å². The normalized spacial score (nSPS) is 15.4. The number of likely N-dealkylation sites (tertiary alicyclic amines) is 1. The predicted octanol–water partition coefficient (Wildman–Crippen LogP) is 4.34. The van der Waals surface area contributed by atoms with Crippen LogP contribution in [-0.4, -0.2) is 40.9 Å². The first-order valence-electron chi connectivity index (χ1n) is 9.75. The number of piperidine rings is 1. The van der Waals surface area contributed by atoms with E-state index in [-0.39, 0.29) is 0 Å². The molecule has 2 heterocycles. The summed E-state index contributed by atoms with van der Waals surface area (Å²) in [5, 5.41) is 5.85. The molecule has 2 aromatic carbocycles. The van der Waals surface area contributed by atoms with E-state index in [4.69, 9.17) is 9.84 Å². The average molecular weight is 349 g/mol. The van der Waals surface area contributed by atoms with Crippen molar-refractivity contribution in [1.29, 1.82) is 0 Å². The highest BCUT2D eigenvalue weighted by Crippen LogP contribution is 2.25. The molecule has 0 unspecified atom stereocenters. The highest BCUT2D eigenvalue weighted by molar-refractivity contribution is 5.84. The molecule has 4 rings (SSSR count). The highest BCUT2D eigenvalue weighted by atomic mass is 16.5. The second kappa shape index (κ2) is 8.37. The van der Waals surface area contributed by atoms with Crippen molar-refractivity contribution in [2.75, 3.05) is 26.2 Å². The number of benzene rings is 2. The van der Waals surface area contributed by atoms with Gasteiger partial charge in [0.2, 0.25) is 5.88 Å². The van der Waals surface area contributed by atoms with Crippen LogP contribution in [0.5, 0.6) is 5.88 Å². The number of hydrogen-bond donors (Lipinski definition) is 0. The van der Waals surface area contributed by atoms with Crippen molar-refractivity contribution in [2.24, 2.45) is 0 Å². The first kappa shape index (κ1) is 17.1. The van der Waals surface area contributed by atoms with Gasteiger partial charge in [-0.1, -0.05) is 48.9 Å². The Bertz CT molecular complexity index is 822. The van der Waals surface area contributed by atoms with Gasteiger partial charge in [0.05, 0.1) is 24.1 Å². The van der Waals surface area contributed by atoms with E-state index in [2.05, 4.69) is 53.4 Å². The van der Waals surface area contributed by atoms with E-state index >= 15 is 0 Å². The predicted molar refractivity (Wildman–Crippen MR) is 106 cm³/mol. The van der Waals surface area contributed by atoms with Crippen molar-refractivity contribution < 1.29 is 4.74 Å². The molecule has 136 valence electrons. The van der Waals surface area contributed by atoms with Gasteiger partial charge in [-0.15, -0.1) is 5.10 Å². The monoisotopic (exact) mass is 349 g/mol. The topological polar surface area (TPSA) is 30.3 Å². The molecular formula is C22H27N3O. The Hall–Kier alpha value is -2.33. The van der Waals surface area contributed by atoms with E-state index in [1.54, 1.807) is 0 Å². The number of fused-ring (bicyclic) bond motifs is 1. The summed E-state index contributed by atoms with van der Waals surface area (Å²) in [5.41, 5.74) is 2.37. The molecule has 0 bridgehead atoms. The Kier molecular flexibility index (Phi) is 5.50. The number of aromatic nitrogens is 2. The number of hydrogen-bond acceptors (Lipinski definition) is 3. The van der Waals surface area contributed by atoms with Crippen molar-refractivity contribution in [1.82, 2.24) is 14.7 Å². The van der Waals surface area contributed by atoms with Gasteiger partial charge < -0.3 is 9.64 Å². The van der Waals surface area contributed by atoms with Crippen LogP contribution in [0.15, 0.2) is 54.6 Å². The fraction of sp³-hybridized carbons (Fsp3) is 0.409. The zero-order chi connectivity index (χ0) is 17.6. The van der Waals surface area contributed by atoms with Crippen molar-refractivity contribution in [3.63, 3.8) is 0 Å². The lowest BCUT2D eigenvalue weighted by Gasteiger charge is -2.26. The van der Waals surface area contributed by atoms with Crippen molar-refractivity contribution >= 4 is 10.9 Å². The molecule has 1 saturated heterocycles. The van der Waals surface area contributed by atoms with Gasteiger partial charge in [-0.25, -0.2) is 0 Å². The number of nitrogens with zero attached hydrogens (tertiary/aromatic N) is 3. The molecule has 1 aromatic heterocycles. The lowest BCUT2D eigenvalue weighted by Crippen LogP contribution is -2.31. The molecule has 26 heavy (non-hydrogen) atoms. The third kappa shape index (κ3) is 4.07. The van der Waals surface area contributed by atoms with Crippen LogP contribution in [0.4, 0.5) is 0 Å². The SMILES string of the molecule is c1ccc(Cn2nc(OCCCN3CCCCC3)c3ccccc32)cc1. The quantitative estimate of drug-likeness (QED) is 0.595. The van der Waals surface area contributed by atoms with E-state index < -0.39 is 0 Å². The Morgan fingerprint density at radius 3 is 2.50 bits per heavy atom. The summed E-state index contributed by atoms with van der Waals surface area (Å²) in [6, 6.07) is 18.8. The molecule has 0 radical (unpaired) electrons. The van der Waals surface area contributed by atoms with Crippen LogP contribution in [0.2, 0.25) is 0 Å². The minimum absolute atomic E-state index is 0.725. The van der Waals surface area contributed by atoms with E-state index in [0.29, 0.717) is 0 Å². The Balaban J connectivity index is 1.41. The molecule has 1 aliphatic heterocycles. The maximum Gasteiger partial charge on any atom is 0.240 e. The van der Waals surface area contributed by atoms with Crippen LogP contribution in [0.1, 0.15) is 31.2 Å². The molecular weight excluding hydrogens is 322 g/mol. The Morgan fingerprint density at radius 1 is 0.885 bits per heavy atom. The van der Waals surface area contributed by atoms with Crippen molar-refractivity contribution in [2.45, 2.75) is 32.2 Å². The molecule has 0 N–H and O–H groups in total. The number of para-hydroxylation sites is 1. The largest absolute Gasteiger partial charge is 0.476 e. The number of rotatable bonds is 7. The van der Waals surface area contributed by atoms with Crippen LogP contribution in [0.3, 0.4) is 0 Å². The van der Waals surface area contributed by atoms with Crippen molar-refractivity contribution in [3.05, 3.63) is 60.2 Å². The fourth-order valence-electron chi connectivity index (χ4n) is 3.72. The Morgan fingerprint density at radius 2 is 1.65 bits per heavy atom. The third-order valence-corrected chi connectivity index (χ3v) is 5.11. The molecule has 4 nitrogen and oxygen atoms in total. The molecule has 3 aromatic rings. The Labute approximate surface area is 155 Å². The summed E-state index contributed by atoms with van der Waals surface area (Å²) in [6.07, 6.45) is 5.13. The van der Waals surface area contributed by atoms with E-state index in [1.807, 2.05) is 10.7 Å². The van der Waals surface area contributed by atoms with E-state index in [9.17, 15) is 0 Å². The van der Waals surface area contributed by atoms with Gasteiger partial charge in [-0.3, -0.25) is 4.68 Å². The molecule has 0 atom stereocenters. The van der Waals surface area contributed by atoms with Gasteiger partial charge in [-0.2, -0.15) is 0 Å². The standard InChI is InChI=1S/C22H27N3O/c1-3-10-19(11-4-1)18-25-21-13-6-5-12-20(21)22(23-25)26-17-9-16-24-14-7-2-8-15-24/h1,3-6,10-13H,2,7-9,14-18H2. The second-order valence-electron chi connectivity index (χ2n) is 7.07. The zero-order valence-electron chi connectivity index (χ0n) is 15.3. The van der Waals surface area contributed by atoms with Gasteiger partial charge in [0, 0.05) is 6.54 Å². The highest BCUT2D eigenvalue weighted by Gasteiger charge is 2.13. The molecule has 0 amide bonds. The summed E-state index contributed by atoms with van der Waals surface area (Å²) < 4.78 is 8.12. The van der Waals surface area contributed by atoms with E-state index in [0.717, 1.165) is 42.9 Å². The third-order valence-electron chi connectivity index (χ3n) is 5.11. The minimum atomic E-state index is 0.725. The van der Waals surface area contributed by atoms with Gasteiger partial charge in [0.1, 0.15) is 0 Å². The molecule has 0 spiro atoms. The lowest BCUT2D eigenvalue weighted by atomic mass is 10.1.